The number of benzene rings is 1. The second-order valence-corrected chi connectivity index (χ2v) is 7.10. The molecule has 0 aromatic heterocycles. The molecule has 1 atom stereocenters. The molecule has 1 aliphatic rings. The number of carbonyl (C=O) groups is 3. The lowest BCUT2D eigenvalue weighted by Gasteiger charge is -2.35. The molecule has 29 heavy (non-hydrogen) atoms. The van der Waals surface area contributed by atoms with E-state index in [9.17, 15) is 14.4 Å². The van der Waals surface area contributed by atoms with E-state index < -0.39 is 12.0 Å². The highest BCUT2D eigenvalue weighted by Gasteiger charge is 2.36. The van der Waals surface area contributed by atoms with E-state index in [0.717, 1.165) is 6.42 Å². The molecule has 0 bridgehead atoms. The van der Waals surface area contributed by atoms with E-state index in [0.29, 0.717) is 35.6 Å². The van der Waals surface area contributed by atoms with Gasteiger partial charge in [-0.3, -0.25) is 4.90 Å². The largest absolute Gasteiger partial charge is 0.459 e. The Balaban J connectivity index is 2.44. The second kappa shape index (κ2) is 9.95. The first-order chi connectivity index (χ1) is 13.8. The normalized spacial score (nSPS) is 16.6. The first-order valence-electron chi connectivity index (χ1n) is 9.93. The highest BCUT2D eigenvalue weighted by atomic mass is 16.5. The molecule has 0 spiro atoms. The van der Waals surface area contributed by atoms with Gasteiger partial charge in [-0.25, -0.2) is 14.4 Å². The third kappa shape index (κ3) is 5.49. The number of esters is 1. The van der Waals surface area contributed by atoms with Gasteiger partial charge in [0.15, 0.2) is 0 Å². The first kappa shape index (κ1) is 22.3. The minimum absolute atomic E-state index is 0.266. The van der Waals surface area contributed by atoms with Crippen molar-refractivity contribution in [2.24, 2.45) is 0 Å². The summed E-state index contributed by atoms with van der Waals surface area (Å²) in [6.45, 7) is 10.1. The SMILES string of the molecule is CCCN1C(=O)NC(c2cccc(NC(=O)NCC)c2)C(C(=O)OC(C)C)=C1C. The Labute approximate surface area is 171 Å². The molecule has 3 N–H and O–H groups in total. The number of hydrogen-bond acceptors (Lipinski definition) is 4. The molecule has 1 aliphatic heterocycles. The number of amides is 4. The number of carbonyl (C=O) groups excluding carboxylic acids is 3. The molecule has 0 fully saturated rings. The fourth-order valence-corrected chi connectivity index (χ4v) is 3.20. The fourth-order valence-electron chi connectivity index (χ4n) is 3.20. The molecule has 1 unspecified atom stereocenters. The van der Waals surface area contributed by atoms with Crippen LogP contribution in [-0.2, 0) is 9.53 Å². The van der Waals surface area contributed by atoms with E-state index in [1.165, 1.54) is 0 Å². The summed E-state index contributed by atoms with van der Waals surface area (Å²) >= 11 is 0. The zero-order valence-electron chi connectivity index (χ0n) is 17.7. The highest BCUT2D eigenvalue weighted by molar-refractivity contribution is 5.95. The predicted molar refractivity (Wildman–Crippen MR) is 111 cm³/mol. The van der Waals surface area contributed by atoms with Gasteiger partial charge in [0, 0.05) is 24.5 Å². The van der Waals surface area contributed by atoms with Crippen LogP contribution in [0.25, 0.3) is 0 Å². The van der Waals surface area contributed by atoms with E-state index in [2.05, 4.69) is 16.0 Å². The average molecular weight is 402 g/mol. The van der Waals surface area contributed by atoms with Crippen molar-refractivity contribution in [3.63, 3.8) is 0 Å². The molecular formula is C21H30N4O4. The molecule has 2 rings (SSSR count). The lowest BCUT2D eigenvalue weighted by atomic mass is 9.94. The highest BCUT2D eigenvalue weighted by Crippen LogP contribution is 2.32. The fraction of sp³-hybridized carbons (Fsp3) is 0.476. The van der Waals surface area contributed by atoms with Crippen molar-refractivity contribution >= 4 is 23.7 Å². The van der Waals surface area contributed by atoms with Crippen LogP contribution in [0.1, 0.15) is 52.6 Å². The van der Waals surface area contributed by atoms with E-state index >= 15 is 0 Å². The average Bonchev–Trinajstić information content (AvgIpc) is 2.64. The summed E-state index contributed by atoms with van der Waals surface area (Å²) in [5.74, 6) is -0.467. The maximum absolute atomic E-state index is 12.9. The van der Waals surface area contributed by atoms with Gasteiger partial charge in [-0.1, -0.05) is 19.1 Å². The summed E-state index contributed by atoms with van der Waals surface area (Å²) in [6, 6.07) is 5.80. The van der Waals surface area contributed by atoms with Crippen LogP contribution in [0.2, 0.25) is 0 Å². The standard InChI is InChI=1S/C21H30N4O4/c1-6-11-25-14(5)17(19(26)29-13(3)4)18(24-21(25)28)15-9-8-10-16(12-15)23-20(27)22-7-2/h8-10,12-13,18H,6-7,11H2,1-5H3,(H,24,28)(H2,22,23,27). The lowest BCUT2D eigenvalue weighted by Crippen LogP contribution is -2.48. The molecule has 0 radical (unpaired) electrons. The van der Waals surface area contributed by atoms with Gasteiger partial charge in [0.25, 0.3) is 0 Å². The van der Waals surface area contributed by atoms with Crippen molar-refractivity contribution in [1.82, 2.24) is 15.5 Å². The van der Waals surface area contributed by atoms with Crippen LogP contribution in [0.4, 0.5) is 15.3 Å². The Bertz CT molecular complexity index is 804. The van der Waals surface area contributed by atoms with E-state index in [1.807, 2.05) is 13.8 Å². The van der Waals surface area contributed by atoms with Crippen LogP contribution in [0.5, 0.6) is 0 Å². The molecule has 1 aromatic carbocycles. The minimum atomic E-state index is -0.669. The predicted octanol–water partition coefficient (Wildman–Crippen LogP) is 3.53. The smallest absolute Gasteiger partial charge is 0.338 e. The Hall–Kier alpha value is -3.03. The van der Waals surface area contributed by atoms with Gasteiger partial charge < -0.3 is 20.7 Å². The molecule has 0 saturated heterocycles. The van der Waals surface area contributed by atoms with Crippen molar-refractivity contribution < 1.29 is 19.1 Å². The maximum Gasteiger partial charge on any atom is 0.338 e. The molecule has 1 heterocycles. The Morgan fingerprint density at radius 1 is 1.28 bits per heavy atom. The lowest BCUT2D eigenvalue weighted by molar-refractivity contribution is -0.143. The van der Waals surface area contributed by atoms with Crippen molar-refractivity contribution in [2.75, 3.05) is 18.4 Å². The quantitative estimate of drug-likeness (QED) is 0.608. The first-order valence-corrected chi connectivity index (χ1v) is 9.93. The number of anilines is 1. The number of nitrogens with one attached hydrogen (secondary N) is 3. The van der Waals surface area contributed by atoms with Crippen LogP contribution < -0.4 is 16.0 Å². The second-order valence-electron chi connectivity index (χ2n) is 7.10. The molecule has 4 amide bonds. The van der Waals surface area contributed by atoms with E-state index in [1.54, 1.807) is 49.9 Å². The van der Waals surface area contributed by atoms with Crippen molar-refractivity contribution in [2.45, 2.75) is 53.2 Å². The van der Waals surface area contributed by atoms with Gasteiger partial charge in [0.2, 0.25) is 0 Å². The number of nitrogens with zero attached hydrogens (tertiary/aromatic N) is 1. The Kier molecular flexibility index (Phi) is 7.64. The Morgan fingerprint density at radius 2 is 2.00 bits per heavy atom. The number of hydrogen-bond donors (Lipinski definition) is 3. The summed E-state index contributed by atoms with van der Waals surface area (Å²) in [5, 5.41) is 8.32. The summed E-state index contributed by atoms with van der Waals surface area (Å²) in [7, 11) is 0. The molecular weight excluding hydrogens is 372 g/mol. The van der Waals surface area contributed by atoms with Crippen molar-refractivity contribution in [3.8, 4) is 0 Å². The Morgan fingerprint density at radius 3 is 2.62 bits per heavy atom. The molecule has 1 aromatic rings. The molecule has 8 nitrogen and oxygen atoms in total. The molecule has 0 aliphatic carbocycles. The van der Waals surface area contributed by atoms with Gasteiger partial charge in [-0.05, 0) is 51.8 Å². The maximum atomic E-state index is 12.9. The number of urea groups is 2. The van der Waals surface area contributed by atoms with Gasteiger partial charge in [0.05, 0.1) is 17.7 Å². The van der Waals surface area contributed by atoms with Crippen LogP contribution in [0, 0.1) is 0 Å². The molecule has 0 saturated carbocycles. The summed E-state index contributed by atoms with van der Waals surface area (Å²) < 4.78 is 5.45. The van der Waals surface area contributed by atoms with E-state index in [-0.39, 0.29) is 18.2 Å². The van der Waals surface area contributed by atoms with Crippen LogP contribution in [-0.4, -0.2) is 42.1 Å². The molecule has 158 valence electrons. The summed E-state index contributed by atoms with van der Waals surface area (Å²) in [5.41, 5.74) is 2.21. The van der Waals surface area contributed by atoms with Crippen molar-refractivity contribution in [3.05, 3.63) is 41.1 Å². The number of ether oxygens (including phenoxy) is 1. The van der Waals surface area contributed by atoms with E-state index in [4.69, 9.17) is 4.74 Å². The third-order valence-electron chi connectivity index (χ3n) is 4.42. The van der Waals surface area contributed by atoms with Gasteiger partial charge in [0.1, 0.15) is 0 Å². The van der Waals surface area contributed by atoms with Crippen LogP contribution >= 0.6 is 0 Å². The zero-order valence-corrected chi connectivity index (χ0v) is 17.7. The third-order valence-corrected chi connectivity index (χ3v) is 4.42. The topological polar surface area (TPSA) is 99.8 Å². The minimum Gasteiger partial charge on any atom is -0.459 e. The number of rotatable bonds is 7. The van der Waals surface area contributed by atoms with Gasteiger partial charge in [-0.2, -0.15) is 0 Å². The molecule has 8 heteroatoms. The van der Waals surface area contributed by atoms with Crippen LogP contribution in [0.15, 0.2) is 35.5 Å². The summed E-state index contributed by atoms with van der Waals surface area (Å²) in [6.07, 6.45) is 0.472. The zero-order chi connectivity index (χ0) is 21.6. The van der Waals surface area contributed by atoms with Gasteiger partial charge >= 0.3 is 18.0 Å². The monoisotopic (exact) mass is 402 g/mol. The summed E-state index contributed by atoms with van der Waals surface area (Å²) in [4.78, 5) is 38.9. The van der Waals surface area contributed by atoms with Crippen molar-refractivity contribution in [1.29, 1.82) is 0 Å². The van der Waals surface area contributed by atoms with Crippen LogP contribution in [0.3, 0.4) is 0 Å². The number of allylic oxidation sites excluding steroid dienone is 1. The van der Waals surface area contributed by atoms with Gasteiger partial charge in [-0.15, -0.1) is 0 Å².